The quantitative estimate of drug-likeness (QED) is 0.528. The van der Waals surface area contributed by atoms with Crippen molar-refractivity contribution in [3.05, 3.63) is 64.7 Å². The summed E-state index contributed by atoms with van der Waals surface area (Å²) in [4.78, 5) is 8.00. The number of phenolic OH excluding ortho intramolecular Hbond substituents is 1. The molecule has 0 radical (unpaired) electrons. The molecule has 1 N–H and O–H groups in total. The van der Waals surface area contributed by atoms with Gasteiger partial charge >= 0.3 is 0 Å². The highest BCUT2D eigenvalue weighted by atomic mass is 19.1. The monoisotopic (exact) mass is 404 g/mol. The predicted molar refractivity (Wildman–Crippen MR) is 118 cm³/mol. The summed E-state index contributed by atoms with van der Waals surface area (Å²) >= 11 is 0. The average Bonchev–Trinajstić information content (AvgIpc) is 2.74. The summed E-state index contributed by atoms with van der Waals surface area (Å²) in [5.41, 5.74) is 2.79. The van der Waals surface area contributed by atoms with E-state index in [0.717, 1.165) is 24.5 Å². The molecule has 1 unspecified atom stereocenters. The molecule has 0 amide bonds. The van der Waals surface area contributed by atoms with E-state index >= 15 is 0 Å². The number of hydrogen-bond donors (Lipinski definition) is 1. The largest absolute Gasteiger partial charge is 0.508 e. The minimum absolute atomic E-state index is 0.301. The average molecular weight is 405 g/mol. The van der Waals surface area contributed by atoms with Crippen molar-refractivity contribution < 1.29 is 18.7 Å². The zero-order chi connectivity index (χ0) is 22.8. The van der Waals surface area contributed by atoms with Gasteiger partial charge < -0.3 is 9.90 Å². The van der Waals surface area contributed by atoms with Crippen LogP contribution in [0.3, 0.4) is 0 Å². The third-order valence-electron chi connectivity index (χ3n) is 4.41. The molecule has 0 aliphatic rings. The summed E-state index contributed by atoms with van der Waals surface area (Å²) in [5, 5.41) is 9.52. The van der Waals surface area contributed by atoms with Crippen LogP contribution >= 0.6 is 0 Å². The number of carbonyl (C=O) groups excluding carboxylic acids is 1. The maximum Gasteiger partial charge on any atom is 0.126 e. The predicted octanol–water partition coefficient (Wildman–Crippen LogP) is 6.98. The minimum Gasteiger partial charge on any atom is -0.508 e. The van der Waals surface area contributed by atoms with Crippen LogP contribution < -0.4 is 0 Å². The molecule has 0 aliphatic carbocycles. The van der Waals surface area contributed by atoms with E-state index in [4.69, 9.17) is 4.79 Å². The third kappa shape index (κ3) is 11.0. The summed E-state index contributed by atoms with van der Waals surface area (Å²) in [6.45, 7) is 10.4. The van der Waals surface area contributed by atoms with Crippen LogP contribution in [0, 0.1) is 31.4 Å². The second kappa shape index (κ2) is 17.4. The molecule has 0 aliphatic heterocycles. The van der Waals surface area contributed by atoms with Gasteiger partial charge in [-0.05, 0) is 73.1 Å². The molecule has 0 saturated heterocycles. The van der Waals surface area contributed by atoms with Crippen LogP contribution in [0.2, 0.25) is 0 Å². The van der Waals surface area contributed by atoms with Gasteiger partial charge in [-0.3, -0.25) is 0 Å². The lowest BCUT2D eigenvalue weighted by Gasteiger charge is -2.14. The van der Waals surface area contributed by atoms with Crippen LogP contribution in [0.25, 0.3) is 0 Å². The Morgan fingerprint density at radius 1 is 1.07 bits per heavy atom. The summed E-state index contributed by atoms with van der Waals surface area (Å²) in [5.74, 6) is 0.310. The highest BCUT2D eigenvalue weighted by molar-refractivity contribution is 5.39. The van der Waals surface area contributed by atoms with Crippen LogP contribution in [0.5, 0.6) is 5.75 Å². The number of aromatic hydroxyl groups is 1. The molecule has 2 nitrogen and oxygen atoms in total. The van der Waals surface area contributed by atoms with Gasteiger partial charge in [0.1, 0.15) is 24.2 Å². The Balaban J connectivity index is 0. The van der Waals surface area contributed by atoms with Gasteiger partial charge in [0.25, 0.3) is 0 Å². The standard InChI is InChI=1S/C12H18O.C10H12F2.C2H2.CH2O/c1-4-6-9(2)11-7-5-8-12(13)10(11)3;1-2-3-4-8-7-9(11)5-6-10(8)12;2*1-2/h5,7-9,13H,4,6H2,1-3H3;5-7H,2-4H2,1H3;1-2H;1H2. The fraction of sp³-hybridized carbons (Fsp3) is 0.400. The van der Waals surface area contributed by atoms with Crippen molar-refractivity contribution in [1.29, 1.82) is 0 Å². The van der Waals surface area contributed by atoms with Gasteiger partial charge in [-0.15, -0.1) is 12.8 Å². The van der Waals surface area contributed by atoms with E-state index in [-0.39, 0.29) is 11.6 Å². The van der Waals surface area contributed by atoms with Gasteiger partial charge in [0, 0.05) is 0 Å². The number of aryl methyl sites for hydroxylation is 1. The fourth-order valence-corrected chi connectivity index (χ4v) is 2.87. The molecule has 0 aromatic heterocycles. The van der Waals surface area contributed by atoms with Crippen LogP contribution in [0.4, 0.5) is 8.78 Å². The lowest BCUT2D eigenvalue weighted by atomic mass is 9.92. The van der Waals surface area contributed by atoms with E-state index in [0.29, 0.717) is 23.7 Å². The first-order valence-electron chi connectivity index (χ1n) is 9.75. The van der Waals surface area contributed by atoms with E-state index in [2.05, 4.69) is 32.8 Å². The van der Waals surface area contributed by atoms with Crippen LogP contribution in [-0.4, -0.2) is 11.9 Å². The van der Waals surface area contributed by atoms with E-state index < -0.39 is 0 Å². The van der Waals surface area contributed by atoms with E-state index in [1.165, 1.54) is 30.5 Å². The number of rotatable bonds is 6. The van der Waals surface area contributed by atoms with E-state index in [9.17, 15) is 13.9 Å². The van der Waals surface area contributed by atoms with Crippen LogP contribution in [-0.2, 0) is 11.2 Å². The van der Waals surface area contributed by atoms with Gasteiger partial charge in [0.05, 0.1) is 0 Å². The number of phenols is 1. The summed E-state index contributed by atoms with van der Waals surface area (Å²) in [7, 11) is 0. The SMILES string of the molecule is C#C.C=O.CCCC(C)c1cccc(O)c1C.CCCCc1cc(F)ccc1F. The first kappa shape index (κ1) is 28.5. The summed E-state index contributed by atoms with van der Waals surface area (Å²) in [6, 6.07) is 9.37. The van der Waals surface area contributed by atoms with Gasteiger partial charge in [-0.2, -0.15) is 0 Å². The molecule has 2 rings (SSSR count). The molecule has 0 heterocycles. The van der Waals surface area contributed by atoms with Crippen molar-refractivity contribution in [2.24, 2.45) is 0 Å². The van der Waals surface area contributed by atoms with Crippen molar-refractivity contribution in [3.63, 3.8) is 0 Å². The van der Waals surface area contributed by atoms with Crippen molar-refractivity contribution >= 4 is 6.79 Å². The molecule has 4 heteroatoms. The Morgan fingerprint density at radius 2 is 1.69 bits per heavy atom. The molecule has 0 spiro atoms. The molecular formula is C25H34F2O2. The van der Waals surface area contributed by atoms with Crippen molar-refractivity contribution in [1.82, 2.24) is 0 Å². The van der Waals surface area contributed by atoms with Gasteiger partial charge in [-0.1, -0.05) is 45.7 Å². The number of terminal acetylenes is 1. The zero-order valence-electron chi connectivity index (χ0n) is 18.1. The summed E-state index contributed by atoms with van der Waals surface area (Å²) in [6.07, 6.45) is 12.9. The molecule has 2 aromatic rings. The van der Waals surface area contributed by atoms with Crippen molar-refractivity contribution in [2.75, 3.05) is 0 Å². The Labute approximate surface area is 175 Å². The smallest absolute Gasteiger partial charge is 0.126 e. The first-order valence-corrected chi connectivity index (χ1v) is 9.75. The second-order valence-electron chi connectivity index (χ2n) is 6.52. The first-order chi connectivity index (χ1) is 13.9. The Bertz CT molecular complexity index is 711. The van der Waals surface area contributed by atoms with Crippen LogP contribution in [0.15, 0.2) is 36.4 Å². The number of halogens is 2. The highest BCUT2D eigenvalue weighted by Crippen LogP contribution is 2.28. The van der Waals surface area contributed by atoms with Crippen molar-refractivity contribution in [2.45, 2.75) is 65.7 Å². The maximum atomic E-state index is 12.9. The Hall–Kier alpha value is -2.67. The van der Waals surface area contributed by atoms with Gasteiger partial charge in [0.15, 0.2) is 0 Å². The molecule has 160 valence electrons. The highest BCUT2D eigenvalue weighted by Gasteiger charge is 2.09. The normalized spacial score (nSPS) is 10.2. The van der Waals surface area contributed by atoms with Crippen LogP contribution in [0.1, 0.15) is 69.1 Å². The van der Waals surface area contributed by atoms with Gasteiger partial charge in [-0.25, -0.2) is 8.78 Å². The molecular weight excluding hydrogens is 370 g/mol. The zero-order valence-corrected chi connectivity index (χ0v) is 18.1. The summed E-state index contributed by atoms with van der Waals surface area (Å²) < 4.78 is 25.5. The lowest BCUT2D eigenvalue weighted by molar-refractivity contribution is -0.0979. The Morgan fingerprint density at radius 3 is 2.24 bits per heavy atom. The molecule has 29 heavy (non-hydrogen) atoms. The molecule has 2 aromatic carbocycles. The molecule has 0 saturated carbocycles. The number of carbonyl (C=O) groups is 1. The molecule has 0 fully saturated rings. The fourth-order valence-electron chi connectivity index (χ4n) is 2.87. The number of hydrogen-bond acceptors (Lipinski definition) is 2. The molecule has 1 atom stereocenters. The Kier molecular flexibility index (Phi) is 17.2. The number of benzene rings is 2. The third-order valence-corrected chi connectivity index (χ3v) is 4.41. The van der Waals surface area contributed by atoms with Crippen molar-refractivity contribution in [3.8, 4) is 18.6 Å². The second-order valence-corrected chi connectivity index (χ2v) is 6.52. The lowest BCUT2D eigenvalue weighted by Crippen LogP contribution is -1.95. The topological polar surface area (TPSA) is 37.3 Å². The maximum absolute atomic E-state index is 12.9. The van der Waals surface area contributed by atoms with E-state index in [1.54, 1.807) is 6.07 Å². The number of unbranched alkanes of at least 4 members (excludes halogenated alkanes) is 1. The van der Waals surface area contributed by atoms with E-state index in [1.807, 2.05) is 26.7 Å². The minimum atomic E-state index is -0.359. The van der Waals surface area contributed by atoms with Gasteiger partial charge in [0.2, 0.25) is 0 Å². The molecule has 0 bridgehead atoms.